The van der Waals surface area contributed by atoms with E-state index in [0.717, 1.165) is 11.3 Å². The number of methoxy groups -OCH3 is 1. The van der Waals surface area contributed by atoms with Crippen molar-refractivity contribution in [2.24, 2.45) is 7.05 Å². The zero-order valence-electron chi connectivity index (χ0n) is 14.2. The van der Waals surface area contributed by atoms with E-state index in [-0.39, 0.29) is 17.9 Å². The van der Waals surface area contributed by atoms with Gasteiger partial charge in [0.05, 0.1) is 24.6 Å². The number of carbonyl (C=O) groups is 1. The fraction of sp³-hybridized carbons (Fsp3) is 0.211. The molecule has 1 N–H and O–H groups in total. The molecule has 0 unspecified atom stereocenters. The highest BCUT2D eigenvalue weighted by atomic mass is 16.5. The molecule has 0 saturated heterocycles. The molecule has 0 bridgehead atoms. The second-order valence-electron chi connectivity index (χ2n) is 5.73. The maximum Gasteiger partial charge on any atom is 0.274 e. The maximum atomic E-state index is 12.3. The lowest BCUT2D eigenvalue weighted by molar-refractivity contribution is -0.120. The van der Waals surface area contributed by atoms with Gasteiger partial charge < -0.3 is 10.1 Å². The molecule has 0 saturated carbocycles. The van der Waals surface area contributed by atoms with Crippen molar-refractivity contribution in [2.75, 3.05) is 7.11 Å². The molecule has 3 aromatic rings. The molecule has 25 heavy (non-hydrogen) atoms. The second-order valence-corrected chi connectivity index (χ2v) is 5.73. The molecule has 6 heteroatoms. The van der Waals surface area contributed by atoms with Gasteiger partial charge in [-0.25, -0.2) is 4.68 Å². The normalized spacial score (nSPS) is 10.6. The van der Waals surface area contributed by atoms with E-state index in [0.29, 0.717) is 23.0 Å². The Kier molecular flexibility index (Phi) is 4.79. The van der Waals surface area contributed by atoms with E-state index in [1.54, 1.807) is 26.3 Å². The van der Waals surface area contributed by atoms with Crippen molar-refractivity contribution >= 4 is 16.7 Å². The minimum Gasteiger partial charge on any atom is -0.497 e. The van der Waals surface area contributed by atoms with Crippen LogP contribution in [0.1, 0.15) is 11.3 Å². The molecule has 0 radical (unpaired) electrons. The van der Waals surface area contributed by atoms with Crippen molar-refractivity contribution in [3.8, 4) is 5.75 Å². The van der Waals surface area contributed by atoms with E-state index in [1.807, 2.05) is 36.4 Å². The quantitative estimate of drug-likeness (QED) is 0.770. The molecule has 0 spiro atoms. The van der Waals surface area contributed by atoms with Crippen LogP contribution in [-0.4, -0.2) is 22.8 Å². The van der Waals surface area contributed by atoms with Crippen molar-refractivity contribution in [2.45, 2.75) is 13.0 Å². The summed E-state index contributed by atoms with van der Waals surface area (Å²) in [4.78, 5) is 24.4. The van der Waals surface area contributed by atoms with Gasteiger partial charge in [-0.3, -0.25) is 9.59 Å². The molecule has 0 aliphatic carbocycles. The third-order valence-electron chi connectivity index (χ3n) is 3.98. The fourth-order valence-electron chi connectivity index (χ4n) is 2.70. The Hall–Kier alpha value is -3.15. The van der Waals surface area contributed by atoms with Gasteiger partial charge in [0.2, 0.25) is 5.91 Å². The summed E-state index contributed by atoms with van der Waals surface area (Å²) in [7, 11) is 3.20. The number of rotatable bonds is 5. The number of aromatic nitrogens is 2. The minimum absolute atomic E-state index is 0.110. The summed E-state index contributed by atoms with van der Waals surface area (Å²) in [6.45, 7) is 0.403. The summed E-state index contributed by atoms with van der Waals surface area (Å²) in [5.74, 6) is 0.594. The number of amides is 1. The fourth-order valence-corrected chi connectivity index (χ4v) is 2.70. The average molecular weight is 337 g/mol. The topological polar surface area (TPSA) is 73.2 Å². The number of benzene rings is 2. The van der Waals surface area contributed by atoms with E-state index < -0.39 is 0 Å². The van der Waals surface area contributed by atoms with Crippen LogP contribution in [0.15, 0.2) is 53.3 Å². The minimum atomic E-state index is -0.170. The highest BCUT2D eigenvalue weighted by Crippen LogP contribution is 2.14. The molecule has 2 aromatic carbocycles. The number of nitrogens with zero attached hydrogens (tertiary/aromatic N) is 2. The highest BCUT2D eigenvalue weighted by Gasteiger charge is 2.12. The van der Waals surface area contributed by atoms with Gasteiger partial charge in [-0.15, -0.1) is 0 Å². The molecule has 1 heterocycles. The molecule has 1 amide bonds. The van der Waals surface area contributed by atoms with Crippen LogP contribution in [0.4, 0.5) is 0 Å². The summed E-state index contributed by atoms with van der Waals surface area (Å²) < 4.78 is 6.45. The molecular formula is C19H19N3O3. The molecule has 0 atom stereocenters. The SMILES string of the molecule is COc1cccc(CNC(=O)Cc2nn(C)c(=O)c3ccccc23)c1. The van der Waals surface area contributed by atoms with E-state index in [1.165, 1.54) is 4.68 Å². The summed E-state index contributed by atoms with van der Waals surface area (Å²) in [6.07, 6.45) is 0.110. The van der Waals surface area contributed by atoms with Gasteiger partial charge in [0.15, 0.2) is 0 Å². The summed E-state index contributed by atoms with van der Waals surface area (Å²) in [5, 5.41) is 8.40. The molecule has 0 aliphatic heterocycles. The van der Waals surface area contributed by atoms with Crippen LogP contribution in [0, 0.1) is 0 Å². The number of fused-ring (bicyclic) bond motifs is 1. The largest absolute Gasteiger partial charge is 0.497 e. The van der Waals surface area contributed by atoms with Crippen molar-refractivity contribution < 1.29 is 9.53 Å². The van der Waals surface area contributed by atoms with Crippen molar-refractivity contribution in [3.05, 3.63) is 70.1 Å². The Labute approximate surface area is 145 Å². The predicted molar refractivity (Wildman–Crippen MR) is 95.5 cm³/mol. The van der Waals surface area contributed by atoms with Crippen molar-refractivity contribution in [1.29, 1.82) is 0 Å². The van der Waals surface area contributed by atoms with Gasteiger partial charge in [0, 0.05) is 19.0 Å². The number of nitrogens with one attached hydrogen (secondary N) is 1. The van der Waals surface area contributed by atoms with Gasteiger partial charge in [0.1, 0.15) is 5.75 Å². The first kappa shape index (κ1) is 16.7. The lowest BCUT2D eigenvalue weighted by Crippen LogP contribution is -2.27. The zero-order valence-corrected chi connectivity index (χ0v) is 14.2. The average Bonchev–Trinajstić information content (AvgIpc) is 2.64. The highest BCUT2D eigenvalue weighted by molar-refractivity contribution is 5.88. The molecule has 0 aliphatic rings. The molecule has 1 aromatic heterocycles. The Balaban J connectivity index is 1.76. The summed E-state index contributed by atoms with van der Waals surface area (Å²) in [6, 6.07) is 14.7. The maximum absolute atomic E-state index is 12.3. The summed E-state index contributed by atoms with van der Waals surface area (Å²) >= 11 is 0. The third-order valence-corrected chi connectivity index (χ3v) is 3.98. The van der Waals surface area contributed by atoms with E-state index in [9.17, 15) is 9.59 Å². The first-order chi connectivity index (χ1) is 12.1. The summed E-state index contributed by atoms with van der Waals surface area (Å²) in [5.41, 5.74) is 1.36. The van der Waals surface area contributed by atoms with Crippen LogP contribution in [-0.2, 0) is 24.8 Å². The monoisotopic (exact) mass is 337 g/mol. The van der Waals surface area contributed by atoms with Crippen LogP contribution in [0.5, 0.6) is 5.75 Å². The van der Waals surface area contributed by atoms with E-state index in [2.05, 4.69) is 10.4 Å². The second kappa shape index (κ2) is 7.17. The molecule has 128 valence electrons. The number of ether oxygens (including phenoxy) is 1. The molecule has 0 fully saturated rings. The number of hydrogen-bond donors (Lipinski definition) is 1. The standard InChI is InChI=1S/C19H19N3O3/c1-22-19(24)16-9-4-3-8-15(16)17(21-22)11-18(23)20-12-13-6-5-7-14(10-13)25-2/h3-10H,11-12H2,1-2H3,(H,20,23). The first-order valence-electron chi connectivity index (χ1n) is 7.93. The molecular weight excluding hydrogens is 318 g/mol. The van der Waals surface area contributed by atoms with Crippen molar-refractivity contribution in [1.82, 2.24) is 15.1 Å². The van der Waals surface area contributed by atoms with Crippen molar-refractivity contribution in [3.63, 3.8) is 0 Å². The van der Waals surface area contributed by atoms with Gasteiger partial charge in [-0.05, 0) is 23.8 Å². The third kappa shape index (κ3) is 3.68. The van der Waals surface area contributed by atoms with Crippen LogP contribution in [0.2, 0.25) is 0 Å². The van der Waals surface area contributed by atoms with E-state index in [4.69, 9.17) is 4.74 Å². The Morgan fingerprint density at radius 2 is 1.92 bits per heavy atom. The predicted octanol–water partition coefficient (Wildman–Crippen LogP) is 1.80. The van der Waals surface area contributed by atoms with Gasteiger partial charge in [0.25, 0.3) is 5.56 Å². The lowest BCUT2D eigenvalue weighted by atomic mass is 10.1. The van der Waals surface area contributed by atoms with Crippen LogP contribution in [0.25, 0.3) is 10.8 Å². The van der Waals surface area contributed by atoms with Crippen LogP contribution in [0.3, 0.4) is 0 Å². The molecule has 6 nitrogen and oxygen atoms in total. The van der Waals surface area contributed by atoms with Crippen LogP contribution < -0.4 is 15.6 Å². The Bertz CT molecular complexity index is 979. The zero-order chi connectivity index (χ0) is 17.8. The van der Waals surface area contributed by atoms with E-state index >= 15 is 0 Å². The first-order valence-corrected chi connectivity index (χ1v) is 7.93. The smallest absolute Gasteiger partial charge is 0.274 e. The van der Waals surface area contributed by atoms with Gasteiger partial charge >= 0.3 is 0 Å². The number of hydrogen-bond acceptors (Lipinski definition) is 4. The van der Waals surface area contributed by atoms with Crippen LogP contribution >= 0.6 is 0 Å². The number of carbonyl (C=O) groups excluding carboxylic acids is 1. The Morgan fingerprint density at radius 1 is 1.16 bits per heavy atom. The van der Waals surface area contributed by atoms with Gasteiger partial charge in [-0.2, -0.15) is 5.10 Å². The Morgan fingerprint density at radius 3 is 2.68 bits per heavy atom. The number of aryl methyl sites for hydroxylation is 1. The van der Waals surface area contributed by atoms with Gasteiger partial charge in [-0.1, -0.05) is 30.3 Å². The lowest BCUT2D eigenvalue weighted by Gasteiger charge is -2.09. The molecule has 3 rings (SSSR count).